The van der Waals surface area contributed by atoms with Gasteiger partial charge < -0.3 is 15.5 Å². The van der Waals surface area contributed by atoms with Gasteiger partial charge >= 0.3 is 0 Å². The summed E-state index contributed by atoms with van der Waals surface area (Å²) in [6.45, 7) is 8.97. The Bertz CT molecular complexity index is 771. The third kappa shape index (κ3) is 6.69. The molecular formula is C25H39N5. The van der Waals surface area contributed by atoms with E-state index in [1.165, 1.54) is 36.8 Å². The fraction of sp³-hybridized carbons (Fsp3) is 0.600. The van der Waals surface area contributed by atoms with Crippen LogP contribution in [0.5, 0.6) is 0 Å². The summed E-state index contributed by atoms with van der Waals surface area (Å²) in [5.41, 5.74) is 3.05. The Morgan fingerprint density at radius 1 is 1.00 bits per heavy atom. The predicted octanol–water partition coefficient (Wildman–Crippen LogP) is 4.64. The van der Waals surface area contributed by atoms with Gasteiger partial charge in [0.1, 0.15) is 5.82 Å². The molecule has 5 heteroatoms. The van der Waals surface area contributed by atoms with Crippen LogP contribution in [0.1, 0.15) is 57.6 Å². The number of rotatable bonds is 8. The molecule has 1 aromatic heterocycles. The molecule has 164 valence electrons. The second-order valence-electron chi connectivity index (χ2n) is 9.90. The van der Waals surface area contributed by atoms with Gasteiger partial charge in [0.25, 0.3) is 0 Å². The molecule has 1 saturated carbocycles. The first-order valence-corrected chi connectivity index (χ1v) is 11.4. The molecule has 0 bridgehead atoms. The van der Waals surface area contributed by atoms with Gasteiger partial charge in [-0.3, -0.25) is 0 Å². The number of nitrogens with one attached hydrogen (secondary N) is 2. The van der Waals surface area contributed by atoms with Crippen LogP contribution in [0.15, 0.2) is 36.5 Å². The van der Waals surface area contributed by atoms with Crippen LogP contribution >= 0.6 is 0 Å². The maximum atomic E-state index is 4.58. The molecule has 2 aromatic rings. The van der Waals surface area contributed by atoms with Crippen molar-refractivity contribution in [2.45, 2.75) is 64.3 Å². The van der Waals surface area contributed by atoms with Crippen molar-refractivity contribution in [1.29, 1.82) is 0 Å². The van der Waals surface area contributed by atoms with E-state index in [1.54, 1.807) is 0 Å². The highest BCUT2D eigenvalue weighted by atomic mass is 15.2. The summed E-state index contributed by atoms with van der Waals surface area (Å²) in [5, 5.41) is 7.21. The second-order valence-corrected chi connectivity index (χ2v) is 9.90. The minimum Gasteiger partial charge on any atom is -0.363 e. The largest absolute Gasteiger partial charge is 0.363 e. The zero-order valence-electron chi connectivity index (χ0n) is 19.4. The number of nitrogens with zero attached hydrogens (tertiary/aromatic N) is 3. The molecule has 0 aliphatic heterocycles. The van der Waals surface area contributed by atoms with Crippen molar-refractivity contribution < 1.29 is 0 Å². The highest BCUT2D eigenvalue weighted by molar-refractivity contribution is 5.41. The van der Waals surface area contributed by atoms with E-state index in [-0.39, 0.29) is 5.41 Å². The fourth-order valence-corrected chi connectivity index (χ4v) is 4.07. The molecule has 5 nitrogen and oxygen atoms in total. The first-order chi connectivity index (χ1) is 14.3. The summed E-state index contributed by atoms with van der Waals surface area (Å²) in [6, 6.07) is 11.6. The maximum Gasteiger partial charge on any atom is 0.224 e. The summed E-state index contributed by atoms with van der Waals surface area (Å²) < 4.78 is 0. The van der Waals surface area contributed by atoms with Crippen molar-refractivity contribution in [1.82, 2.24) is 15.3 Å². The number of benzene rings is 1. The molecule has 0 spiro atoms. The lowest BCUT2D eigenvalue weighted by Crippen LogP contribution is -2.32. The fourth-order valence-electron chi connectivity index (χ4n) is 4.07. The van der Waals surface area contributed by atoms with Gasteiger partial charge in [0.2, 0.25) is 5.95 Å². The van der Waals surface area contributed by atoms with Crippen molar-refractivity contribution in [2.75, 3.05) is 37.4 Å². The lowest BCUT2D eigenvalue weighted by Gasteiger charge is -2.29. The Labute approximate surface area is 182 Å². The van der Waals surface area contributed by atoms with Crippen LogP contribution in [0.25, 0.3) is 0 Å². The van der Waals surface area contributed by atoms with E-state index in [0.29, 0.717) is 6.04 Å². The standard InChI is InChI=1S/C25H39N5/c1-25(2,3)21-10-6-19(7-11-21)14-16-26-18-20-8-12-22(13-9-20)28-24-27-17-15-23(29-24)30(4)5/h6-7,10-11,15,17,20,22,26H,8-9,12-14,16,18H2,1-5H3,(H,27,28,29). The zero-order chi connectivity index (χ0) is 21.6. The van der Waals surface area contributed by atoms with E-state index in [9.17, 15) is 0 Å². The van der Waals surface area contributed by atoms with E-state index >= 15 is 0 Å². The Kier molecular flexibility index (Phi) is 7.70. The molecule has 2 N–H and O–H groups in total. The van der Waals surface area contributed by atoms with E-state index in [0.717, 1.165) is 37.2 Å². The molecule has 3 rings (SSSR count). The van der Waals surface area contributed by atoms with Gasteiger partial charge in [-0.15, -0.1) is 0 Å². The van der Waals surface area contributed by atoms with Crippen molar-refractivity contribution in [3.05, 3.63) is 47.7 Å². The maximum absolute atomic E-state index is 4.58. The molecule has 1 aromatic carbocycles. The molecule has 0 amide bonds. The summed E-state index contributed by atoms with van der Waals surface area (Å²) in [7, 11) is 4.01. The molecule has 1 aliphatic rings. The van der Waals surface area contributed by atoms with Crippen molar-refractivity contribution in [3.63, 3.8) is 0 Å². The molecule has 0 saturated heterocycles. The molecule has 0 radical (unpaired) electrons. The van der Waals surface area contributed by atoms with Gasteiger partial charge in [-0.2, -0.15) is 4.98 Å². The van der Waals surface area contributed by atoms with Crippen LogP contribution in [0.3, 0.4) is 0 Å². The predicted molar refractivity (Wildman–Crippen MR) is 127 cm³/mol. The number of hydrogen-bond donors (Lipinski definition) is 2. The first kappa shape index (κ1) is 22.5. The van der Waals surface area contributed by atoms with Crippen LogP contribution in [-0.2, 0) is 11.8 Å². The molecule has 30 heavy (non-hydrogen) atoms. The van der Waals surface area contributed by atoms with Crippen molar-refractivity contribution in [3.8, 4) is 0 Å². The SMILES string of the molecule is CN(C)c1ccnc(NC2CCC(CNCCc3ccc(C(C)(C)C)cc3)CC2)n1. The van der Waals surface area contributed by atoms with Gasteiger partial charge in [0.05, 0.1) is 0 Å². The molecule has 1 heterocycles. The average molecular weight is 410 g/mol. The zero-order valence-corrected chi connectivity index (χ0v) is 19.4. The smallest absolute Gasteiger partial charge is 0.224 e. The van der Waals surface area contributed by atoms with E-state index in [4.69, 9.17) is 0 Å². The lowest BCUT2D eigenvalue weighted by atomic mass is 9.86. The van der Waals surface area contributed by atoms with Crippen LogP contribution in [0.2, 0.25) is 0 Å². The van der Waals surface area contributed by atoms with Crippen LogP contribution in [-0.4, -0.2) is 43.2 Å². The van der Waals surface area contributed by atoms with E-state index in [1.807, 2.05) is 31.3 Å². The Hall–Kier alpha value is -2.14. The van der Waals surface area contributed by atoms with Gasteiger partial charge in [0, 0.05) is 26.3 Å². The second kappa shape index (κ2) is 10.3. The average Bonchev–Trinajstić information content (AvgIpc) is 2.72. The molecule has 1 aliphatic carbocycles. The number of aromatic nitrogens is 2. The topological polar surface area (TPSA) is 53.1 Å². The molecule has 1 fully saturated rings. The summed E-state index contributed by atoms with van der Waals surface area (Å²) in [6.07, 6.45) is 7.83. The minimum absolute atomic E-state index is 0.228. The quantitative estimate of drug-likeness (QED) is 0.622. The van der Waals surface area contributed by atoms with Gasteiger partial charge in [-0.25, -0.2) is 4.98 Å². The van der Waals surface area contributed by atoms with Crippen LogP contribution in [0.4, 0.5) is 11.8 Å². The summed E-state index contributed by atoms with van der Waals surface area (Å²) >= 11 is 0. The third-order valence-corrected chi connectivity index (χ3v) is 6.12. The van der Waals surface area contributed by atoms with Gasteiger partial charge in [-0.1, -0.05) is 45.0 Å². The minimum atomic E-state index is 0.228. The normalized spacial score (nSPS) is 19.5. The first-order valence-electron chi connectivity index (χ1n) is 11.4. The van der Waals surface area contributed by atoms with Crippen LogP contribution in [0, 0.1) is 5.92 Å². The molecule has 0 unspecified atom stereocenters. The lowest BCUT2D eigenvalue weighted by molar-refractivity contribution is 0.325. The third-order valence-electron chi connectivity index (χ3n) is 6.12. The highest BCUT2D eigenvalue weighted by Gasteiger charge is 2.21. The van der Waals surface area contributed by atoms with Crippen molar-refractivity contribution >= 4 is 11.8 Å². The van der Waals surface area contributed by atoms with Crippen molar-refractivity contribution in [2.24, 2.45) is 5.92 Å². The van der Waals surface area contributed by atoms with E-state index in [2.05, 4.69) is 65.6 Å². The van der Waals surface area contributed by atoms with Gasteiger partial charge in [0.15, 0.2) is 0 Å². The molecular weight excluding hydrogens is 370 g/mol. The summed E-state index contributed by atoms with van der Waals surface area (Å²) in [4.78, 5) is 11.0. The molecule has 0 atom stereocenters. The Morgan fingerprint density at radius 2 is 1.70 bits per heavy atom. The van der Waals surface area contributed by atoms with Gasteiger partial charge in [-0.05, 0) is 73.7 Å². The number of anilines is 2. The Balaban J connectivity index is 1.34. The van der Waals surface area contributed by atoms with Crippen LogP contribution < -0.4 is 15.5 Å². The summed E-state index contributed by atoms with van der Waals surface area (Å²) in [5.74, 6) is 2.47. The Morgan fingerprint density at radius 3 is 2.33 bits per heavy atom. The monoisotopic (exact) mass is 409 g/mol. The van der Waals surface area contributed by atoms with E-state index < -0.39 is 0 Å². The highest BCUT2D eigenvalue weighted by Crippen LogP contribution is 2.26. The number of hydrogen-bond acceptors (Lipinski definition) is 5.